The minimum absolute atomic E-state index is 0.0106. The standard InChI is InChI=1S/C33H26Cl2N6O4S/c34-25-20-27-28(21-26(25)35)41(46(44,45)29-10-4-8-22-9-5-13-37-30(22)29)33(43)40(27)31(23-6-2-1-3-7-23)32(42)39-18-16-38(17-19-39)24-11-14-36-15-12-24/h1-15,20-21,31H,16-19H2. The van der Waals surface area contributed by atoms with Crippen LogP contribution >= 0.6 is 23.2 Å². The second-order valence-corrected chi connectivity index (χ2v) is 13.4. The zero-order chi connectivity index (χ0) is 32.0. The van der Waals surface area contributed by atoms with E-state index in [-0.39, 0.29) is 37.4 Å². The van der Waals surface area contributed by atoms with Crippen LogP contribution in [0.5, 0.6) is 0 Å². The number of hydrogen-bond donors (Lipinski definition) is 0. The molecule has 1 unspecified atom stereocenters. The van der Waals surface area contributed by atoms with E-state index in [0.717, 1.165) is 5.69 Å². The first kappa shape index (κ1) is 30.0. The Kier molecular flexibility index (Phi) is 7.75. The molecule has 3 aromatic heterocycles. The van der Waals surface area contributed by atoms with Gasteiger partial charge >= 0.3 is 5.69 Å². The Hall–Kier alpha value is -4.71. The molecule has 13 heteroatoms. The molecule has 46 heavy (non-hydrogen) atoms. The maximum absolute atomic E-state index is 14.6. The molecule has 0 radical (unpaired) electrons. The fourth-order valence-corrected chi connectivity index (χ4v) is 7.88. The Morgan fingerprint density at radius 2 is 1.46 bits per heavy atom. The third kappa shape index (κ3) is 5.10. The number of imidazole rings is 1. The van der Waals surface area contributed by atoms with E-state index in [1.54, 1.807) is 71.9 Å². The monoisotopic (exact) mass is 672 g/mol. The first-order valence-electron chi connectivity index (χ1n) is 14.5. The van der Waals surface area contributed by atoms with E-state index >= 15 is 0 Å². The van der Waals surface area contributed by atoms with Gasteiger partial charge in [-0.3, -0.25) is 19.3 Å². The summed E-state index contributed by atoms with van der Waals surface area (Å²) >= 11 is 12.9. The number of fused-ring (bicyclic) bond motifs is 2. The van der Waals surface area contributed by atoms with Gasteiger partial charge in [-0.2, -0.15) is 3.97 Å². The molecule has 3 aromatic carbocycles. The van der Waals surface area contributed by atoms with Crippen LogP contribution in [0.15, 0.2) is 113 Å². The van der Waals surface area contributed by atoms with Crippen molar-refractivity contribution in [2.75, 3.05) is 31.1 Å². The second-order valence-electron chi connectivity index (χ2n) is 10.8. The van der Waals surface area contributed by atoms with Crippen LogP contribution in [0.2, 0.25) is 10.0 Å². The van der Waals surface area contributed by atoms with Crippen LogP contribution in [0.3, 0.4) is 0 Å². The lowest BCUT2D eigenvalue weighted by molar-refractivity contribution is -0.133. The molecule has 1 aliphatic rings. The van der Waals surface area contributed by atoms with Crippen molar-refractivity contribution in [3.05, 3.63) is 130 Å². The molecule has 10 nitrogen and oxygen atoms in total. The van der Waals surface area contributed by atoms with Crippen LogP contribution in [0.25, 0.3) is 21.9 Å². The number of para-hydroxylation sites is 1. The number of carbonyl (C=O) groups excluding carboxylic acids is 1. The number of halogens is 2. The van der Waals surface area contributed by atoms with Gasteiger partial charge in [0.1, 0.15) is 10.9 Å². The highest BCUT2D eigenvalue weighted by Gasteiger charge is 2.36. The number of rotatable bonds is 6. The third-order valence-electron chi connectivity index (χ3n) is 8.22. The Bertz CT molecular complexity index is 2260. The maximum Gasteiger partial charge on any atom is 0.344 e. The molecular weight excluding hydrogens is 647 g/mol. The highest BCUT2D eigenvalue weighted by atomic mass is 35.5. The van der Waals surface area contributed by atoms with Gasteiger partial charge in [-0.15, -0.1) is 0 Å². The molecule has 1 fully saturated rings. The van der Waals surface area contributed by atoms with Crippen molar-refractivity contribution in [1.82, 2.24) is 23.4 Å². The van der Waals surface area contributed by atoms with Crippen molar-refractivity contribution in [3.63, 3.8) is 0 Å². The van der Waals surface area contributed by atoms with E-state index in [9.17, 15) is 18.0 Å². The topological polar surface area (TPSA) is 110 Å². The normalized spacial score (nSPS) is 14.6. The molecule has 7 rings (SSSR count). The number of benzene rings is 3. The van der Waals surface area contributed by atoms with E-state index in [0.29, 0.717) is 41.1 Å². The summed E-state index contributed by atoms with van der Waals surface area (Å²) in [7, 11) is -4.55. The van der Waals surface area contributed by atoms with Gasteiger partial charge < -0.3 is 9.80 Å². The molecule has 1 amide bonds. The predicted octanol–water partition coefficient (Wildman–Crippen LogP) is 5.23. The number of carbonyl (C=O) groups is 1. The van der Waals surface area contributed by atoms with Crippen molar-refractivity contribution in [2.24, 2.45) is 0 Å². The van der Waals surface area contributed by atoms with Crippen LogP contribution < -0.4 is 10.6 Å². The summed E-state index contributed by atoms with van der Waals surface area (Å²) in [6.07, 6.45) is 4.93. The lowest BCUT2D eigenvalue weighted by Crippen LogP contribution is -2.51. The number of hydrogen-bond acceptors (Lipinski definition) is 7. The molecule has 1 aliphatic heterocycles. The third-order valence-corrected chi connectivity index (χ3v) is 10.7. The van der Waals surface area contributed by atoms with Crippen molar-refractivity contribution in [2.45, 2.75) is 10.9 Å². The largest absolute Gasteiger partial charge is 0.368 e. The van der Waals surface area contributed by atoms with Crippen molar-refractivity contribution in [3.8, 4) is 0 Å². The van der Waals surface area contributed by atoms with Crippen LogP contribution in [0.1, 0.15) is 11.6 Å². The number of amides is 1. The van der Waals surface area contributed by atoms with Gasteiger partial charge in [-0.1, -0.05) is 71.7 Å². The van der Waals surface area contributed by atoms with Crippen LogP contribution in [0.4, 0.5) is 5.69 Å². The summed E-state index contributed by atoms with van der Waals surface area (Å²) in [5.41, 5.74) is 0.929. The zero-order valence-electron chi connectivity index (χ0n) is 24.2. The second kappa shape index (κ2) is 11.9. The SMILES string of the molecule is O=C(C(c1ccccc1)n1c(=O)n(S(=O)(=O)c2cccc3cccnc23)c2cc(Cl)c(Cl)cc21)N1CCN(c2ccncc2)CC1. The molecule has 0 bridgehead atoms. The summed E-state index contributed by atoms with van der Waals surface area (Å²) in [5.74, 6) is -0.350. The fraction of sp³-hybridized carbons (Fsp3) is 0.152. The number of pyridine rings is 2. The Labute approximate surface area is 274 Å². The Morgan fingerprint density at radius 1 is 0.783 bits per heavy atom. The van der Waals surface area contributed by atoms with Crippen molar-refractivity contribution < 1.29 is 13.2 Å². The molecule has 6 aromatic rings. The van der Waals surface area contributed by atoms with Gasteiger partial charge in [0.25, 0.3) is 15.9 Å². The first-order chi connectivity index (χ1) is 22.3. The van der Waals surface area contributed by atoms with Crippen LogP contribution in [-0.2, 0) is 14.8 Å². The summed E-state index contributed by atoms with van der Waals surface area (Å²) in [6.45, 7) is 1.92. The molecule has 4 heterocycles. The zero-order valence-corrected chi connectivity index (χ0v) is 26.5. The number of piperazine rings is 1. The Balaban J connectivity index is 1.40. The highest BCUT2D eigenvalue weighted by Crippen LogP contribution is 2.34. The highest BCUT2D eigenvalue weighted by molar-refractivity contribution is 7.90. The average Bonchev–Trinajstić information content (AvgIpc) is 3.36. The fourth-order valence-electron chi connectivity index (χ4n) is 6.00. The molecule has 0 aliphatic carbocycles. The van der Waals surface area contributed by atoms with Gasteiger partial charge in [0, 0.05) is 55.8 Å². The lowest BCUT2D eigenvalue weighted by atomic mass is 10.0. The Morgan fingerprint density at radius 3 is 2.17 bits per heavy atom. The van der Waals surface area contributed by atoms with E-state index in [4.69, 9.17) is 23.2 Å². The summed E-state index contributed by atoms with van der Waals surface area (Å²) in [6, 6.07) is 22.4. The number of nitrogens with zero attached hydrogens (tertiary/aromatic N) is 6. The van der Waals surface area contributed by atoms with Gasteiger partial charge in [0.2, 0.25) is 0 Å². The van der Waals surface area contributed by atoms with E-state index in [1.807, 2.05) is 12.1 Å². The maximum atomic E-state index is 14.6. The van der Waals surface area contributed by atoms with Gasteiger partial charge in [-0.25, -0.2) is 13.2 Å². The molecule has 232 valence electrons. The molecule has 0 spiro atoms. The predicted molar refractivity (Wildman–Crippen MR) is 178 cm³/mol. The van der Waals surface area contributed by atoms with Gasteiger partial charge in [0.15, 0.2) is 0 Å². The molecule has 0 saturated carbocycles. The number of aromatic nitrogens is 4. The smallest absolute Gasteiger partial charge is 0.344 e. The van der Waals surface area contributed by atoms with Crippen molar-refractivity contribution >= 4 is 66.8 Å². The summed E-state index contributed by atoms with van der Waals surface area (Å²) in [4.78, 5) is 41.2. The van der Waals surface area contributed by atoms with Crippen LogP contribution in [-0.4, -0.2) is 63.9 Å². The van der Waals surface area contributed by atoms with Crippen LogP contribution in [0, 0.1) is 0 Å². The minimum atomic E-state index is -4.55. The van der Waals surface area contributed by atoms with E-state index in [1.165, 1.54) is 29.0 Å². The molecule has 0 N–H and O–H groups in total. The average molecular weight is 674 g/mol. The van der Waals surface area contributed by atoms with Gasteiger partial charge in [-0.05, 0) is 42.0 Å². The molecule has 1 atom stereocenters. The summed E-state index contributed by atoms with van der Waals surface area (Å²) < 4.78 is 30.7. The van der Waals surface area contributed by atoms with E-state index in [2.05, 4.69) is 14.9 Å². The minimum Gasteiger partial charge on any atom is -0.368 e. The molecular formula is C33H26Cl2N6O4S. The van der Waals surface area contributed by atoms with E-state index < -0.39 is 21.8 Å². The first-order valence-corrected chi connectivity index (χ1v) is 16.7. The lowest BCUT2D eigenvalue weighted by Gasteiger charge is -2.37. The molecule has 1 saturated heterocycles. The van der Waals surface area contributed by atoms with Crippen molar-refractivity contribution in [1.29, 1.82) is 0 Å². The number of anilines is 1. The van der Waals surface area contributed by atoms with Gasteiger partial charge in [0.05, 0.1) is 26.6 Å². The quantitative estimate of drug-likeness (QED) is 0.238. The summed E-state index contributed by atoms with van der Waals surface area (Å²) in [5, 5.41) is 0.750.